The van der Waals surface area contributed by atoms with Crippen LogP contribution >= 0.6 is 23.2 Å². The molecule has 2 N–H and O–H groups in total. The molecule has 4 rings (SSSR count). The quantitative estimate of drug-likeness (QED) is 0.175. The number of carbonyl (C=O) groups excluding carboxylic acids is 1. The molecule has 40 heavy (non-hydrogen) atoms. The van der Waals surface area contributed by atoms with Gasteiger partial charge in [0.25, 0.3) is 16.0 Å². The van der Waals surface area contributed by atoms with Gasteiger partial charge in [0.2, 0.25) is 0 Å². The van der Waals surface area contributed by atoms with Crippen molar-refractivity contribution in [2.24, 2.45) is 10.2 Å². The number of carbonyl (C=O) groups is 1. The second kappa shape index (κ2) is 13.3. The number of ether oxygens (including phenoxy) is 1. The van der Waals surface area contributed by atoms with Crippen LogP contribution in [0.4, 0.5) is 17.1 Å². The van der Waals surface area contributed by atoms with Crippen LogP contribution in [0.1, 0.15) is 29.8 Å². The van der Waals surface area contributed by atoms with Gasteiger partial charge in [-0.3, -0.25) is 9.35 Å². The minimum absolute atomic E-state index is 0. The van der Waals surface area contributed by atoms with Crippen LogP contribution in [0.25, 0.3) is 10.8 Å². The molecule has 0 saturated carbocycles. The first-order chi connectivity index (χ1) is 18.5. The molecule has 0 radical (unpaired) electrons. The van der Waals surface area contributed by atoms with Gasteiger partial charge >= 0.3 is 29.6 Å². The Morgan fingerprint density at radius 1 is 1.02 bits per heavy atom. The second-order valence-corrected chi connectivity index (χ2v) is 10.5. The summed E-state index contributed by atoms with van der Waals surface area (Å²) in [6.07, 6.45) is 0.245. The summed E-state index contributed by atoms with van der Waals surface area (Å²) in [7, 11) is -4.59. The Balaban J connectivity index is 0.00000441. The van der Waals surface area contributed by atoms with Crippen LogP contribution in [-0.4, -0.2) is 25.5 Å². The van der Waals surface area contributed by atoms with Gasteiger partial charge in [0.05, 0.1) is 28.7 Å². The fourth-order valence-electron chi connectivity index (χ4n) is 3.96. The van der Waals surface area contributed by atoms with E-state index in [-0.39, 0.29) is 74.2 Å². The van der Waals surface area contributed by atoms with Crippen molar-refractivity contribution in [3.8, 4) is 11.5 Å². The first-order valence-electron chi connectivity index (χ1n) is 11.7. The normalized spacial score (nSPS) is 11.4. The third-order valence-corrected chi connectivity index (χ3v) is 7.34. The number of amides is 1. The predicted octanol–water partition coefficient (Wildman–Crippen LogP) is 4.10. The van der Waals surface area contributed by atoms with E-state index in [4.69, 9.17) is 27.9 Å². The summed E-state index contributed by atoms with van der Waals surface area (Å²) < 4.78 is 38.9. The Hall–Kier alpha value is -2.70. The van der Waals surface area contributed by atoms with E-state index in [1.165, 1.54) is 12.1 Å². The van der Waals surface area contributed by atoms with Gasteiger partial charge in [0, 0.05) is 22.0 Å². The van der Waals surface area contributed by atoms with E-state index < -0.39 is 26.7 Å². The van der Waals surface area contributed by atoms with Gasteiger partial charge < -0.3 is 15.2 Å². The smallest absolute Gasteiger partial charge is 0.870 e. The summed E-state index contributed by atoms with van der Waals surface area (Å²) in [5, 5.41) is 25.5. The molecule has 0 aliphatic heterocycles. The average Bonchev–Trinajstić information content (AvgIpc) is 2.89. The topological polar surface area (TPSA) is 140 Å². The molecule has 0 unspecified atom stereocenters. The van der Waals surface area contributed by atoms with E-state index in [1.54, 1.807) is 49.4 Å². The zero-order valence-corrected chi connectivity index (χ0v) is 26.1. The van der Waals surface area contributed by atoms with Gasteiger partial charge in [0.15, 0.2) is 0 Å². The monoisotopic (exact) mass is 609 g/mol. The summed E-state index contributed by atoms with van der Waals surface area (Å²) in [6.45, 7) is 3.91. The number of hydrogen-bond donors (Lipinski definition) is 2. The number of fused-ring (bicyclic) bond motifs is 1. The number of anilines is 1. The summed E-state index contributed by atoms with van der Waals surface area (Å²) in [4.78, 5) is 12.8. The minimum atomic E-state index is -4.59. The summed E-state index contributed by atoms with van der Waals surface area (Å²) in [5.41, 5.74) is 0.114. The zero-order chi connectivity index (χ0) is 28.3. The van der Waals surface area contributed by atoms with Crippen LogP contribution < -0.4 is 44.7 Å². The van der Waals surface area contributed by atoms with Crippen LogP contribution in [0.15, 0.2) is 75.8 Å². The fraction of sp³-hybridized carbons (Fsp3) is 0.148. The van der Waals surface area contributed by atoms with Gasteiger partial charge in [-0.2, -0.15) is 18.6 Å². The number of nitrogens with zero attached hydrogens (tertiary/aromatic N) is 2. The molecule has 0 aliphatic rings. The number of rotatable bonds is 8. The van der Waals surface area contributed by atoms with Crippen LogP contribution in [0.2, 0.25) is 10.0 Å². The van der Waals surface area contributed by atoms with Crippen molar-refractivity contribution in [2.75, 3.05) is 11.9 Å². The van der Waals surface area contributed by atoms with Crippen molar-refractivity contribution in [3.63, 3.8) is 0 Å². The Morgan fingerprint density at radius 2 is 1.75 bits per heavy atom. The van der Waals surface area contributed by atoms with E-state index in [2.05, 4.69) is 15.5 Å². The molecule has 9 nitrogen and oxygen atoms in total. The average molecular weight is 610 g/mol. The summed E-state index contributed by atoms with van der Waals surface area (Å²) in [5.74, 6) is -0.940. The van der Waals surface area contributed by atoms with E-state index in [1.807, 2.05) is 6.92 Å². The number of halogens is 2. The zero-order valence-electron chi connectivity index (χ0n) is 21.7. The second-order valence-electron chi connectivity index (χ2n) is 8.28. The summed E-state index contributed by atoms with van der Waals surface area (Å²) in [6, 6.07) is 15.5. The number of azo groups is 1. The molecule has 1 amide bonds. The van der Waals surface area contributed by atoms with Crippen LogP contribution in [0, 0.1) is 0 Å². The third-order valence-electron chi connectivity index (χ3n) is 5.75. The van der Waals surface area contributed by atoms with E-state index in [9.17, 15) is 22.9 Å². The van der Waals surface area contributed by atoms with E-state index >= 15 is 0 Å². The molecular formula is C27H22Cl2N3NaO6S. The van der Waals surface area contributed by atoms with E-state index in [0.717, 1.165) is 6.07 Å². The molecule has 202 valence electrons. The first kappa shape index (κ1) is 31.8. The minimum Gasteiger partial charge on any atom is -0.870 e. The molecule has 0 aliphatic carbocycles. The van der Waals surface area contributed by atoms with Crippen LogP contribution in [0.5, 0.6) is 11.5 Å². The Kier molecular flexibility index (Phi) is 10.6. The molecule has 13 heteroatoms. The maximum Gasteiger partial charge on any atom is 1.00 e. The standard InChI is InChI=1S/C27H23Cl2N3O6S.Na/c1-3-18-22(29)12-16(13-24(18)39(35,36)37)31-32-25-19-8-6-5-7-15(19)11-20(26(25)33)27(34)30-23-14-17(38-4-2)9-10-21(23)28;/h5-14,33H,3-4H2,1-2H3,(H,30,34)(H,35,36,37);/q;+1/p-1. The first-order valence-corrected chi connectivity index (χ1v) is 13.9. The SMILES string of the molecule is CCOc1ccc(Cl)c(NC(=O)c2cc3ccccc3c(N=Nc3cc(Cl)c(CC)c(S(=O)(=O)O)c3)c2[O-])c1.[Na+]. The molecule has 0 heterocycles. The van der Waals surface area contributed by atoms with Gasteiger partial charge in [-0.25, -0.2) is 0 Å². The van der Waals surface area contributed by atoms with Crippen molar-refractivity contribution in [2.45, 2.75) is 25.2 Å². The third kappa shape index (κ3) is 6.95. The van der Waals surface area contributed by atoms with Gasteiger partial charge in [-0.15, -0.1) is 0 Å². The Labute approximate surface area is 263 Å². The molecule has 0 bridgehead atoms. The maximum absolute atomic E-state index is 13.4. The van der Waals surface area contributed by atoms with Crippen LogP contribution in [-0.2, 0) is 16.5 Å². The molecule has 4 aromatic rings. The van der Waals surface area contributed by atoms with Crippen molar-refractivity contribution in [3.05, 3.63) is 81.8 Å². The fourth-order valence-corrected chi connectivity index (χ4v) is 5.36. The Morgan fingerprint density at radius 3 is 2.42 bits per heavy atom. The molecular weight excluding hydrogens is 588 g/mol. The molecule has 0 aromatic heterocycles. The predicted molar refractivity (Wildman–Crippen MR) is 149 cm³/mol. The molecule has 4 aromatic carbocycles. The van der Waals surface area contributed by atoms with Gasteiger partial charge in [-0.05, 0) is 54.6 Å². The molecule has 0 saturated heterocycles. The van der Waals surface area contributed by atoms with Crippen molar-refractivity contribution >= 4 is 67.1 Å². The summed E-state index contributed by atoms with van der Waals surface area (Å²) >= 11 is 12.5. The maximum atomic E-state index is 13.4. The van der Waals surface area contributed by atoms with Gasteiger partial charge in [0.1, 0.15) is 10.6 Å². The molecule has 0 spiro atoms. The number of benzene rings is 4. The Bertz CT molecular complexity index is 1730. The number of hydrogen-bond acceptors (Lipinski definition) is 7. The van der Waals surface area contributed by atoms with Crippen molar-refractivity contribution < 1.29 is 57.2 Å². The van der Waals surface area contributed by atoms with Gasteiger partial charge in [-0.1, -0.05) is 60.1 Å². The largest absolute Gasteiger partial charge is 1.00 e. The number of nitrogens with one attached hydrogen (secondary N) is 1. The molecule has 0 atom stereocenters. The van der Waals surface area contributed by atoms with Crippen LogP contribution in [0.3, 0.4) is 0 Å². The van der Waals surface area contributed by atoms with E-state index in [0.29, 0.717) is 23.1 Å². The van der Waals surface area contributed by atoms with Crippen molar-refractivity contribution in [1.29, 1.82) is 0 Å². The molecule has 0 fully saturated rings. The van der Waals surface area contributed by atoms with Crippen molar-refractivity contribution in [1.82, 2.24) is 0 Å².